The third kappa shape index (κ3) is 2.97. The second-order valence-electron chi connectivity index (χ2n) is 6.15. The first-order valence-corrected chi connectivity index (χ1v) is 9.22. The molecule has 0 aliphatic carbocycles. The molecule has 4 atom stereocenters. The minimum Gasteiger partial charge on any atom is -0.377 e. The fraction of sp³-hybridized carbons (Fsp3) is 0.588. The van der Waals surface area contributed by atoms with Crippen LogP contribution in [0.1, 0.15) is 31.4 Å². The van der Waals surface area contributed by atoms with Gasteiger partial charge < -0.3 is 9.64 Å². The van der Waals surface area contributed by atoms with Gasteiger partial charge >= 0.3 is 0 Å². The molecule has 1 saturated heterocycles. The first kappa shape index (κ1) is 15.7. The third-order valence-corrected chi connectivity index (χ3v) is 6.86. The predicted molar refractivity (Wildman–Crippen MR) is 87.0 cm³/mol. The zero-order valence-corrected chi connectivity index (χ0v) is 14.0. The molecule has 2 aliphatic heterocycles. The van der Waals surface area contributed by atoms with Crippen LogP contribution in [0.2, 0.25) is 0 Å². The first-order chi connectivity index (χ1) is 10.6. The molecule has 1 aromatic rings. The topological polar surface area (TPSA) is 46.6 Å². The molecule has 0 saturated carbocycles. The van der Waals surface area contributed by atoms with Crippen LogP contribution in [0, 0.1) is 0 Å². The maximum atomic E-state index is 12.7. The van der Waals surface area contributed by atoms with Crippen LogP contribution in [0.3, 0.4) is 0 Å². The van der Waals surface area contributed by atoms with E-state index in [2.05, 4.69) is 12.1 Å². The highest BCUT2D eigenvalue weighted by molar-refractivity contribution is 7.87. The first-order valence-electron chi connectivity index (χ1n) is 7.94. The molecule has 0 radical (unpaired) electrons. The summed E-state index contributed by atoms with van der Waals surface area (Å²) >= 11 is 0. The van der Waals surface area contributed by atoms with Crippen LogP contribution >= 0.6 is 0 Å². The minimum absolute atomic E-state index is 0.00642. The Bertz CT molecular complexity index is 589. The summed E-state index contributed by atoms with van der Waals surface area (Å²) in [4.78, 5) is 14.6. The van der Waals surface area contributed by atoms with Crippen LogP contribution < -0.4 is 0 Å². The van der Waals surface area contributed by atoms with Gasteiger partial charge in [0, 0.05) is 30.5 Å². The third-order valence-electron chi connectivity index (χ3n) is 4.74. The molecular weight excluding hydrogens is 298 g/mol. The molecule has 0 bridgehead atoms. The van der Waals surface area contributed by atoms with E-state index < -0.39 is 16.0 Å². The summed E-state index contributed by atoms with van der Waals surface area (Å²) in [5.74, 6) is 0.00642. The average molecular weight is 321 g/mol. The highest BCUT2D eigenvalue weighted by atomic mass is 32.2. The number of ether oxygens (including phenoxy) is 1. The Morgan fingerprint density at radius 1 is 1.36 bits per heavy atom. The van der Waals surface area contributed by atoms with Crippen molar-refractivity contribution in [3.05, 3.63) is 35.4 Å². The van der Waals surface area contributed by atoms with Crippen molar-refractivity contribution in [3.63, 3.8) is 0 Å². The Kier molecular flexibility index (Phi) is 4.64. The second-order valence-corrected chi connectivity index (χ2v) is 8.12. The van der Waals surface area contributed by atoms with E-state index in [-0.39, 0.29) is 17.3 Å². The number of nitrogens with zero attached hydrogens (tertiary/aromatic N) is 1. The van der Waals surface area contributed by atoms with Gasteiger partial charge in [0.25, 0.3) is 0 Å². The molecule has 4 nitrogen and oxygen atoms in total. The van der Waals surface area contributed by atoms with E-state index in [9.17, 15) is 9.00 Å². The van der Waals surface area contributed by atoms with Crippen LogP contribution in [0.15, 0.2) is 24.3 Å². The lowest BCUT2D eigenvalue weighted by Gasteiger charge is -2.31. The summed E-state index contributed by atoms with van der Waals surface area (Å²) in [5, 5.41) is -0.476. The molecule has 22 heavy (non-hydrogen) atoms. The zero-order valence-electron chi connectivity index (χ0n) is 13.2. The monoisotopic (exact) mass is 321 g/mol. The van der Waals surface area contributed by atoms with Gasteiger partial charge in [0.15, 0.2) is 0 Å². The van der Waals surface area contributed by atoms with Gasteiger partial charge in [0.2, 0.25) is 5.91 Å². The molecular formula is C17H23NO3S. The quantitative estimate of drug-likeness (QED) is 0.854. The van der Waals surface area contributed by atoms with Gasteiger partial charge in [-0.25, -0.2) is 0 Å². The van der Waals surface area contributed by atoms with Crippen LogP contribution in [0.25, 0.3) is 0 Å². The summed E-state index contributed by atoms with van der Waals surface area (Å²) in [5.41, 5.74) is 2.52. The normalized spacial score (nSPS) is 27.3. The van der Waals surface area contributed by atoms with E-state index in [4.69, 9.17) is 4.74 Å². The molecule has 2 aliphatic rings. The van der Waals surface area contributed by atoms with Gasteiger partial charge in [0.1, 0.15) is 5.25 Å². The van der Waals surface area contributed by atoms with E-state index in [1.54, 1.807) is 6.92 Å². The van der Waals surface area contributed by atoms with Gasteiger partial charge in [-0.3, -0.25) is 9.00 Å². The van der Waals surface area contributed by atoms with Gasteiger partial charge in [-0.1, -0.05) is 24.3 Å². The molecule has 2 heterocycles. The largest absolute Gasteiger partial charge is 0.377 e. The number of benzene rings is 1. The highest BCUT2D eigenvalue weighted by Gasteiger charge is 2.36. The Labute approximate surface area is 134 Å². The minimum atomic E-state index is -1.18. The van der Waals surface area contributed by atoms with Gasteiger partial charge in [0.05, 0.1) is 11.4 Å². The SMILES string of the molecule is CC1OCCC1S(=O)C(C)C(=O)N1CCc2ccccc2C1. The fourth-order valence-electron chi connectivity index (χ4n) is 3.32. The number of fused-ring (bicyclic) bond motifs is 1. The van der Waals surface area contributed by atoms with Crippen molar-refractivity contribution in [2.75, 3.05) is 13.2 Å². The molecule has 5 heteroatoms. The maximum Gasteiger partial charge on any atom is 0.238 e. The fourth-order valence-corrected chi connectivity index (χ4v) is 4.98. The molecule has 120 valence electrons. The number of carbonyl (C=O) groups excluding carboxylic acids is 1. The van der Waals surface area contributed by atoms with Gasteiger partial charge in [-0.2, -0.15) is 0 Å². The van der Waals surface area contributed by atoms with Gasteiger partial charge in [-0.05, 0) is 37.8 Å². The number of hydrogen-bond acceptors (Lipinski definition) is 3. The highest BCUT2D eigenvalue weighted by Crippen LogP contribution is 2.24. The van der Waals surface area contributed by atoms with E-state index in [0.717, 1.165) is 12.8 Å². The smallest absolute Gasteiger partial charge is 0.238 e. The molecule has 3 rings (SSSR count). The van der Waals surface area contributed by atoms with Crippen LogP contribution in [-0.4, -0.2) is 44.8 Å². The van der Waals surface area contributed by atoms with Crippen LogP contribution in [0.4, 0.5) is 0 Å². The summed E-state index contributed by atoms with van der Waals surface area (Å²) in [6, 6.07) is 8.24. The lowest BCUT2D eigenvalue weighted by molar-refractivity contribution is -0.131. The Balaban J connectivity index is 1.68. The molecule has 0 spiro atoms. The summed E-state index contributed by atoms with van der Waals surface area (Å²) in [6.45, 7) is 5.74. The van der Waals surface area contributed by atoms with E-state index in [1.165, 1.54) is 11.1 Å². The summed E-state index contributed by atoms with van der Waals surface area (Å²) < 4.78 is 18.2. The van der Waals surface area contributed by atoms with Crippen molar-refractivity contribution in [2.24, 2.45) is 0 Å². The maximum absolute atomic E-state index is 12.7. The van der Waals surface area contributed by atoms with E-state index in [0.29, 0.717) is 19.7 Å². The van der Waals surface area contributed by atoms with Crippen LogP contribution in [-0.2, 0) is 33.3 Å². The van der Waals surface area contributed by atoms with Crippen molar-refractivity contribution in [3.8, 4) is 0 Å². The lowest BCUT2D eigenvalue weighted by Crippen LogP contribution is -2.45. The lowest BCUT2D eigenvalue weighted by atomic mass is 10.00. The Morgan fingerprint density at radius 3 is 2.77 bits per heavy atom. The Hall–Kier alpha value is -1.20. The van der Waals surface area contributed by atoms with Crippen molar-refractivity contribution in [1.29, 1.82) is 0 Å². The van der Waals surface area contributed by atoms with Crippen molar-refractivity contribution in [2.45, 2.75) is 49.8 Å². The van der Waals surface area contributed by atoms with E-state index >= 15 is 0 Å². The summed E-state index contributed by atoms with van der Waals surface area (Å²) in [7, 11) is -1.18. The number of carbonyl (C=O) groups is 1. The molecule has 1 amide bonds. The molecule has 1 aromatic carbocycles. The molecule has 0 aromatic heterocycles. The van der Waals surface area contributed by atoms with Crippen molar-refractivity contribution >= 4 is 16.7 Å². The molecule has 0 N–H and O–H groups in total. The van der Waals surface area contributed by atoms with Crippen molar-refractivity contribution < 1.29 is 13.7 Å². The standard InChI is InChI=1S/C17H23NO3S/c1-12-16(8-10-21-12)22(20)13(2)17(19)18-9-7-14-5-3-4-6-15(14)11-18/h3-6,12-13,16H,7-11H2,1-2H3. The number of rotatable bonds is 3. The zero-order chi connectivity index (χ0) is 15.7. The van der Waals surface area contributed by atoms with Crippen LogP contribution in [0.5, 0.6) is 0 Å². The molecule has 4 unspecified atom stereocenters. The van der Waals surface area contributed by atoms with E-state index in [1.807, 2.05) is 24.0 Å². The Morgan fingerprint density at radius 2 is 2.09 bits per heavy atom. The molecule has 1 fully saturated rings. The van der Waals surface area contributed by atoms with Crippen molar-refractivity contribution in [1.82, 2.24) is 4.90 Å². The van der Waals surface area contributed by atoms with Gasteiger partial charge in [-0.15, -0.1) is 0 Å². The summed E-state index contributed by atoms with van der Waals surface area (Å²) in [6.07, 6.45) is 1.65. The number of amides is 1. The average Bonchev–Trinajstić information content (AvgIpc) is 2.98. The predicted octanol–water partition coefficient (Wildman–Crippen LogP) is 1.89. The second kappa shape index (κ2) is 6.50. The number of hydrogen-bond donors (Lipinski definition) is 0.